The summed E-state index contributed by atoms with van der Waals surface area (Å²) in [7, 11) is 1.44. The summed E-state index contributed by atoms with van der Waals surface area (Å²) in [5.74, 6) is -1.86. The summed E-state index contributed by atoms with van der Waals surface area (Å²) in [5.41, 5.74) is 0.379. The minimum Gasteiger partial charge on any atom is -0.480 e. The lowest BCUT2D eigenvalue weighted by atomic mass is 10.1. The van der Waals surface area contributed by atoms with E-state index in [1.165, 1.54) is 14.0 Å². The molecule has 2 N–H and O–H groups in total. The van der Waals surface area contributed by atoms with Gasteiger partial charge in [0.15, 0.2) is 0 Å². The molecule has 0 bridgehead atoms. The summed E-state index contributed by atoms with van der Waals surface area (Å²) < 4.78 is 1.06. The van der Waals surface area contributed by atoms with Crippen LogP contribution in [0.1, 0.15) is 28.5 Å². The smallest absolute Gasteiger partial charge is 0.325 e. The molecule has 1 rings (SSSR count). The van der Waals surface area contributed by atoms with Gasteiger partial charge >= 0.3 is 5.97 Å². The van der Waals surface area contributed by atoms with Crippen LogP contribution >= 0.6 is 0 Å². The molecular weight excluding hydrogens is 238 g/mol. The summed E-state index contributed by atoms with van der Waals surface area (Å²) >= 11 is 0. The average molecular weight is 253 g/mol. The molecule has 1 aromatic rings. The number of carbonyl (C=O) groups excluding carboxylic acids is 1. The number of aromatic nitrogens is 2. The number of carboxylic acid groups (broad SMARTS) is 1. The Hall–Kier alpha value is -2.18. The largest absolute Gasteiger partial charge is 0.480 e. The second-order valence-corrected chi connectivity index (χ2v) is 4.05. The Bertz CT molecular complexity index is 562. The van der Waals surface area contributed by atoms with Crippen LogP contribution in [0, 0.1) is 13.8 Å². The van der Waals surface area contributed by atoms with Crippen molar-refractivity contribution in [3.8, 4) is 0 Å². The highest BCUT2D eigenvalue weighted by Gasteiger charge is 2.21. The first-order valence-corrected chi connectivity index (χ1v) is 5.34. The number of amides is 1. The quantitative estimate of drug-likeness (QED) is 0.763. The lowest BCUT2D eigenvalue weighted by molar-refractivity contribution is -0.138. The number of carboxylic acids is 1. The Kier molecular flexibility index (Phi) is 3.85. The van der Waals surface area contributed by atoms with Crippen LogP contribution in [0.4, 0.5) is 0 Å². The van der Waals surface area contributed by atoms with Gasteiger partial charge in [0, 0.05) is 7.05 Å². The molecule has 98 valence electrons. The Morgan fingerprint density at radius 3 is 2.44 bits per heavy atom. The maximum absolute atomic E-state index is 11.9. The van der Waals surface area contributed by atoms with Crippen LogP contribution in [0.2, 0.25) is 0 Å². The molecule has 7 heteroatoms. The number of hydrogen-bond acceptors (Lipinski definition) is 4. The molecule has 0 saturated heterocycles. The second-order valence-electron chi connectivity index (χ2n) is 4.05. The van der Waals surface area contributed by atoms with Gasteiger partial charge in [0.1, 0.15) is 11.6 Å². The van der Waals surface area contributed by atoms with Crippen molar-refractivity contribution in [2.75, 3.05) is 0 Å². The highest BCUT2D eigenvalue weighted by atomic mass is 16.4. The maximum Gasteiger partial charge on any atom is 0.325 e. The van der Waals surface area contributed by atoms with Gasteiger partial charge in [-0.2, -0.15) is 5.10 Å². The van der Waals surface area contributed by atoms with E-state index in [4.69, 9.17) is 5.11 Å². The third-order valence-corrected chi connectivity index (χ3v) is 2.67. The molecule has 0 aromatic carbocycles. The number of carbonyl (C=O) groups is 2. The van der Waals surface area contributed by atoms with Gasteiger partial charge in [0.2, 0.25) is 0 Å². The predicted molar refractivity (Wildman–Crippen MR) is 63.5 cm³/mol. The van der Waals surface area contributed by atoms with E-state index >= 15 is 0 Å². The number of aliphatic carboxylic acids is 1. The zero-order valence-electron chi connectivity index (χ0n) is 10.6. The van der Waals surface area contributed by atoms with E-state index in [2.05, 4.69) is 10.4 Å². The van der Waals surface area contributed by atoms with Gasteiger partial charge in [0.05, 0.1) is 5.69 Å². The van der Waals surface area contributed by atoms with Crippen LogP contribution in [-0.4, -0.2) is 32.8 Å². The zero-order chi connectivity index (χ0) is 14.0. The molecule has 0 saturated carbocycles. The van der Waals surface area contributed by atoms with Gasteiger partial charge in [-0.15, -0.1) is 0 Å². The van der Waals surface area contributed by atoms with Crippen LogP contribution in [-0.2, 0) is 11.8 Å². The Labute approximate surface area is 103 Å². The molecule has 0 spiro atoms. The first-order valence-electron chi connectivity index (χ1n) is 5.34. The minimum absolute atomic E-state index is 0.0712. The molecular formula is C11H15N3O4. The normalized spacial score (nSPS) is 12.0. The number of aryl methyl sites for hydroxylation is 2. The van der Waals surface area contributed by atoms with E-state index in [1.807, 2.05) is 0 Å². The molecule has 0 aliphatic heterocycles. The summed E-state index contributed by atoms with van der Waals surface area (Å²) in [5, 5.41) is 14.9. The van der Waals surface area contributed by atoms with Crippen LogP contribution in [0.15, 0.2) is 4.79 Å². The predicted octanol–water partition coefficient (Wildman–Crippen LogP) is -0.400. The van der Waals surface area contributed by atoms with Gasteiger partial charge in [0.25, 0.3) is 11.5 Å². The molecule has 0 aliphatic rings. The van der Waals surface area contributed by atoms with E-state index in [0.717, 1.165) is 4.68 Å². The highest BCUT2D eigenvalue weighted by Crippen LogP contribution is 2.06. The molecule has 7 nitrogen and oxygen atoms in total. The highest BCUT2D eigenvalue weighted by molar-refractivity contribution is 5.97. The van der Waals surface area contributed by atoms with Gasteiger partial charge in [-0.25, -0.2) is 4.68 Å². The molecule has 18 heavy (non-hydrogen) atoms. The third-order valence-electron chi connectivity index (χ3n) is 2.67. The molecule has 0 radical (unpaired) electrons. The van der Waals surface area contributed by atoms with E-state index in [0.29, 0.717) is 11.3 Å². The zero-order valence-corrected chi connectivity index (χ0v) is 10.6. The van der Waals surface area contributed by atoms with E-state index in [9.17, 15) is 14.4 Å². The average Bonchev–Trinajstić information content (AvgIpc) is 2.26. The Balaban J connectivity index is 3.22. The number of hydrogen-bond donors (Lipinski definition) is 2. The van der Waals surface area contributed by atoms with Crippen molar-refractivity contribution in [2.24, 2.45) is 7.05 Å². The fourth-order valence-electron chi connectivity index (χ4n) is 1.45. The van der Waals surface area contributed by atoms with E-state index < -0.39 is 23.5 Å². The summed E-state index contributed by atoms with van der Waals surface area (Å²) in [6, 6.07) is -1.06. The molecule has 1 heterocycles. The molecule has 1 unspecified atom stereocenters. The molecule has 1 atom stereocenters. The molecule has 0 aliphatic carbocycles. The van der Waals surface area contributed by atoms with E-state index in [-0.39, 0.29) is 5.56 Å². The molecule has 1 amide bonds. The number of nitrogens with one attached hydrogen (secondary N) is 1. The summed E-state index contributed by atoms with van der Waals surface area (Å²) in [4.78, 5) is 34.4. The lowest BCUT2D eigenvalue weighted by Gasteiger charge is -2.12. The van der Waals surface area contributed by atoms with Gasteiger partial charge in [-0.3, -0.25) is 14.4 Å². The van der Waals surface area contributed by atoms with Crippen molar-refractivity contribution in [2.45, 2.75) is 26.8 Å². The fourth-order valence-corrected chi connectivity index (χ4v) is 1.45. The topological polar surface area (TPSA) is 101 Å². The van der Waals surface area contributed by atoms with Crippen LogP contribution in [0.25, 0.3) is 0 Å². The van der Waals surface area contributed by atoms with Crippen molar-refractivity contribution >= 4 is 11.9 Å². The van der Waals surface area contributed by atoms with Crippen LogP contribution < -0.4 is 10.9 Å². The van der Waals surface area contributed by atoms with Crippen LogP contribution in [0.5, 0.6) is 0 Å². The monoisotopic (exact) mass is 253 g/mol. The number of nitrogens with zero attached hydrogens (tertiary/aromatic N) is 2. The van der Waals surface area contributed by atoms with Gasteiger partial charge in [-0.1, -0.05) is 0 Å². The van der Waals surface area contributed by atoms with Crippen molar-refractivity contribution < 1.29 is 14.7 Å². The minimum atomic E-state index is -1.16. The van der Waals surface area contributed by atoms with Crippen molar-refractivity contribution in [3.05, 3.63) is 27.2 Å². The standard InChI is InChI=1S/C11H15N3O4/c1-5-6(2)13-14(4)10(16)8(5)9(15)12-7(3)11(17)18/h7H,1-4H3,(H,12,15)(H,17,18). The van der Waals surface area contributed by atoms with Crippen molar-refractivity contribution in [1.82, 2.24) is 15.1 Å². The maximum atomic E-state index is 11.9. The first kappa shape index (κ1) is 13.9. The third kappa shape index (κ3) is 2.55. The van der Waals surface area contributed by atoms with E-state index in [1.54, 1.807) is 13.8 Å². The lowest BCUT2D eigenvalue weighted by Crippen LogP contribution is -2.42. The van der Waals surface area contributed by atoms with Crippen LogP contribution in [0.3, 0.4) is 0 Å². The summed E-state index contributed by atoms with van der Waals surface area (Å²) in [6.45, 7) is 4.60. The SMILES string of the molecule is Cc1nn(C)c(=O)c(C(=O)NC(C)C(=O)O)c1C. The van der Waals surface area contributed by atoms with Crippen molar-refractivity contribution in [3.63, 3.8) is 0 Å². The second kappa shape index (κ2) is 4.99. The summed E-state index contributed by atoms with van der Waals surface area (Å²) in [6.07, 6.45) is 0. The van der Waals surface area contributed by atoms with Gasteiger partial charge in [-0.05, 0) is 26.3 Å². The number of rotatable bonds is 3. The molecule has 1 aromatic heterocycles. The fraction of sp³-hybridized carbons (Fsp3) is 0.455. The Morgan fingerprint density at radius 1 is 1.39 bits per heavy atom. The van der Waals surface area contributed by atoms with Gasteiger partial charge < -0.3 is 10.4 Å². The van der Waals surface area contributed by atoms with Crippen molar-refractivity contribution in [1.29, 1.82) is 0 Å². The molecule has 0 fully saturated rings. The Morgan fingerprint density at radius 2 is 1.94 bits per heavy atom. The first-order chi connectivity index (χ1) is 8.25.